The lowest BCUT2D eigenvalue weighted by Crippen LogP contribution is -2.38. The minimum absolute atomic E-state index is 0.373. The molecular formula is C18H29ClN4O. The van der Waals surface area contributed by atoms with Crippen molar-refractivity contribution in [1.82, 2.24) is 15.6 Å². The van der Waals surface area contributed by atoms with Crippen molar-refractivity contribution in [2.75, 3.05) is 32.8 Å². The van der Waals surface area contributed by atoms with Crippen molar-refractivity contribution in [1.29, 1.82) is 0 Å². The average molecular weight is 353 g/mol. The molecule has 134 valence electrons. The Morgan fingerprint density at radius 3 is 2.79 bits per heavy atom. The van der Waals surface area contributed by atoms with Gasteiger partial charge in [-0.05, 0) is 56.6 Å². The predicted octanol–water partition coefficient (Wildman–Crippen LogP) is 3.04. The van der Waals surface area contributed by atoms with Gasteiger partial charge in [-0.1, -0.05) is 17.7 Å². The number of guanidine groups is 1. The molecule has 0 saturated heterocycles. The van der Waals surface area contributed by atoms with Gasteiger partial charge in [0.05, 0.1) is 0 Å². The van der Waals surface area contributed by atoms with Gasteiger partial charge in [-0.25, -0.2) is 4.98 Å². The summed E-state index contributed by atoms with van der Waals surface area (Å²) in [6, 6.07) is 3.83. The Bertz CT molecular complexity index is 514. The molecule has 0 bridgehead atoms. The first kappa shape index (κ1) is 19.0. The number of nitrogens with one attached hydrogen (secondary N) is 2. The highest BCUT2D eigenvalue weighted by atomic mass is 35.5. The highest BCUT2D eigenvalue weighted by Gasteiger charge is 2.41. The minimum Gasteiger partial charge on any atom is -0.382 e. The highest BCUT2D eigenvalue weighted by molar-refractivity contribution is 6.29. The number of hydrogen-bond donors (Lipinski definition) is 2. The zero-order chi connectivity index (χ0) is 17.3. The lowest BCUT2D eigenvalue weighted by Gasteiger charge is -2.15. The van der Waals surface area contributed by atoms with E-state index in [1.165, 1.54) is 12.8 Å². The summed E-state index contributed by atoms with van der Waals surface area (Å²) in [5, 5.41) is 7.25. The second-order valence-corrected chi connectivity index (χ2v) is 6.70. The fraction of sp³-hybridized carbons (Fsp3) is 0.667. The van der Waals surface area contributed by atoms with E-state index >= 15 is 0 Å². The maximum absolute atomic E-state index is 5.81. The van der Waals surface area contributed by atoms with Crippen LogP contribution in [-0.2, 0) is 11.2 Å². The Kier molecular flexibility index (Phi) is 7.79. The molecule has 5 nitrogen and oxygen atoms in total. The van der Waals surface area contributed by atoms with Crippen molar-refractivity contribution in [2.24, 2.45) is 10.4 Å². The smallest absolute Gasteiger partial charge is 0.191 e. The largest absolute Gasteiger partial charge is 0.382 e. The summed E-state index contributed by atoms with van der Waals surface area (Å²) in [5.74, 6) is 0.891. The molecule has 0 atom stereocenters. The quantitative estimate of drug-likeness (QED) is 0.294. The molecule has 1 saturated carbocycles. The first-order valence-electron chi connectivity index (χ1n) is 8.88. The zero-order valence-corrected chi connectivity index (χ0v) is 15.5. The van der Waals surface area contributed by atoms with E-state index in [9.17, 15) is 0 Å². The molecule has 1 aliphatic carbocycles. The van der Waals surface area contributed by atoms with Crippen LogP contribution in [0.3, 0.4) is 0 Å². The van der Waals surface area contributed by atoms with E-state index in [2.05, 4.69) is 22.5 Å². The molecule has 1 aliphatic rings. The Morgan fingerprint density at radius 1 is 1.33 bits per heavy atom. The molecular weight excluding hydrogens is 324 g/mol. The summed E-state index contributed by atoms with van der Waals surface area (Å²) >= 11 is 5.81. The van der Waals surface area contributed by atoms with Crippen LogP contribution < -0.4 is 10.6 Å². The van der Waals surface area contributed by atoms with Gasteiger partial charge in [0.15, 0.2) is 5.96 Å². The van der Waals surface area contributed by atoms with Crippen molar-refractivity contribution < 1.29 is 4.74 Å². The van der Waals surface area contributed by atoms with Gasteiger partial charge in [0.25, 0.3) is 0 Å². The summed E-state index contributed by atoms with van der Waals surface area (Å²) in [6.45, 7) is 8.32. The van der Waals surface area contributed by atoms with Crippen LogP contribution in [0.4, 0.5) is 0 Å². The molecule has 0 unspecified atom stereocenters. The molecule has 0 radical (unpaired) electrons. The van der Waals surface area contributed by atoms with Crippen molar-refractivity contribution in [3.8, 4) is 0 Å². The summed E-state index contributed by atoms with van der Waals surface area (Å²) in [7, 11) is 0. The van der Waals surface area contributed by atoms with Gasteiger partial charge in [0.2, 0.25) is 0 Å². The summed E-state index contributed by atoms with van der Waals surface area (Å²) in [6.07, 6.45) is 6.35. The third-order valence-corrected chi connectivity index (χ3v) is 4.57. The van der Waals surface area contributed by atoms with Crippen molar-refractivity contribution in [3.05, 3.63) is 29.0 Å². The zero-order valence-electron chi connectivity index (χ0n) is 14.8. The van der Waals surface area contributed by atoms with Crippen LogP contribution in [0.1, 0.15) is 38.7 Å². The third-order valence-electron chi connectivity index (χ3n) is 4.35. The van der Waals surface area contributed by atoms with Crippen LogP contribution in [-0.4, -0.2) is 43.8 Å². The molecule has 1 fully saturated rings. The topological polar surface area (TPSA) is 58.5 Å². The number of ether oxygens (including phenoxy) is 1. The monoisotopic (exact) mass is 352 g/mol. The number of aliphatic imine (C=N–C) groups is 1. The van der Waals surface area contributed by atoms with E-state index in [-0.39, 0.29) is 0 Å². The Balaban J connectivity index is 1.77. The van der Waals surface area contributed by atoms with E-state index in [0.29, 0.717) is 10.6 Å². The standard InChI is InChI=1S/C18H29ClN4O/c1-3-20-17(21-11-7-15-5-6-16(19)22-13-15)23-14-18(8-9-18)10-12-24-4-2/h5-6,13H,3-4,7-12,14H2,1-2H3,(H2,20,21,23). The summed E-state index contributed by atoms with van der Waals surface area (Å²) < 4.78 is 5.49. The summed E-state index contributed by atoms with van der Waals surface area (Å²) in [4.78, 5) is 8.88. The molecule has 24 heavy (non-hydrogen) atoms. The van der Waals surface area contributed by atoms with Gasteiger partial charge in [-0.15, -0.1) is 0 Å². The molecule has 1 heterocycles. The molecule has 2 N–H and O–H groups in total. The van der Waals surface area contributed by atoms with Gasteiger partial charge in [0, 0.05) is 39.0 Å². The Morgan fingerprint density at radius 2 is 2.17 bits per heavy atom. The summed E-state index contributed by atoms with van der Waals surface area (Å²) in [5.41, 5.74) is 1.54. The number of nitrogens with zero attached hydrogens (tertiary/aromatic N) is 2. The van der Waals surface area contributed by atoms with E-state index in [0.717, 1.165) is 57.2 Å². The number of pyridine rings is 1. The maximum Gasteiger partial charge on any atom is 0.191 e. The van der Waals surface area contributed by atoms with Gasteiger partial charge in [-0.2, -0.15) is 0 Å². The van der Waals surface area contributed by atoms with Gasteiger partial charge >= 0.3 is 0 Å². The van der Waals surface area contributed by atoms with Crippen LogP contribution in [0.2, 0.25) is 5.15 Å². The minimum atomic E-state index is 0.373. The number of aromatic nitrogens is 1. The van der Waals surface area contributed by atoms with E-state index in [4.69, 9.17) is 21.3 Å². The molecule has 1 aromatic heterocycles. The normalized spacial score (nSPS) is 16.0. The predicted molar refractivity (Wildman–Crippen MR) is 99.7 cm³/mol. The highest BCUT2D eigenvalue weighted by Crippen LogP contribution is 2.48. The van der Waals surface area contributed by atoms with Gasteiger partial charge in [-0.3, -0.25) is 4.99 Å². The fourth-order valence-electron chi connectivity index (χ4n) is 2.57. The average Bonchev–Trinajstić information content (AvgIpc) is 3.35. The first-order chi connectivity index (χ1) is 11.7. The SMILES string of the molecule is CCNC(=NCC1(CCOCC)CC1)NCCc1ccc(Cl)nc1. The lowest BCUT2D eigenvalue weighted by atomic mass is 10.0. The van der Waals surface area contributed by atoms with E-state index in [1.54, 1.807) is 0 Å². The molecule has 2 rings (SSSR count). The fourth-order valence-corrected chi connectivity index (χ4v) is 2.68. The van der Waals surface area contributed by atoms with E-state index in [1.807, 2.05) is 25.3 Å². The Labute approximate surface area is 150 Å². The van der Waals surface area contributed by atoms with Crippen LogP contribution >= 0.6 is 11.6 Å². The number of halogens is 1. The maximum atomic E-state index is 5.81. The van der Waals surface area contributed by atoms with Crippen molar-refractivity contribution in [3.63, 3.8) is 0 Å². The van der Waals surface area contributed by atoms with Crippen molar-refractivity contribution >= 4 is 17.6 Å². The second-order valence-electron chi connectivity index (χ2n) is 6.31. The second kappa shape index (κ2) is 9.84. The van der Waals surface area contributed by atoms with Gasteiger partial charge < -0.3 is 15.4 Å². The molecule has 1 aromatic rings. The molecule has 6 heteroatoms. The first-order valence-corrected chi connectivity index (χ1v) is 9.25. The molecule has 0 aliphatic heterocycles. The van der Waals surface area contributed by atoms with Crippen LogP contribution in [0.5, 0.6) is 0 Å². The number of hydrogen-bond acceptors (Lipinski definition) is 3. The number of rotatable bonds is 10. The molecule has 0 aromatic carbocycles. The van der Waals surface area contributed by atoms with Crippen molar-refractivity contribution in [2.45, 2.75) is 39.5 Å². The van der Waals surface area contributed by atoms with Crippen LogP contribution in [0, 0.1) is 5.41 Å². The van der Waals surface area contributed by atoms with Gasteiger partial charge in [0.1, 0.15) is 5.15 Å². The van der Waals surface area contributed by atoms with E-state index < -0.39 is 0 Å². The Hall–Kier alpha value is -1.33. The molecule has 0 spiro atoms. The third kappa shape index (κ3) is 6.65. The van der Waals surface area contributed by atoms with Crippen LogP contribution in [0.15, 0.2) is 23.3 Å². The lowest BCUT2D eigenvalue weighted by molar-refractivity contribution is 0.129. The molecule has 0 amide bonds. The van der Waals surface area contributed by atoms with Crippen LogP contribution in [0.25, 0.3) is 0 Å².